The number of nitrogens with zero attached hydrogens (tertiary/aromatic N) is 2. The molecule has 0 aliphatic carbocycles. The summed E-state index contributed by atoms with van der Waals surface area (Å²) in [7, 11) is 1.34. The van der Waals surface area contributed by atoms with Gasteiger partial charge in [-0.15, -0.1) is 0 Å². The molecule has 7 nitrogen and oxygen atoms in total. The fourth-order valence-electron chi connectivity index (χ4n) is 2.54. The number of rotatable bonds is 3. The molecule has 0 bridgehead atoms. The van der Waals surface area contributed by atoms with Crippen molar-refractivity contribution in [2.24, 2.45) is 0 Å². The number of piperidine rings is 1. The predicted molar refractivity (Wildman–Crippen MR) is 90.2 cm³/mol. The molecule has 2 rings (SSSR count). The second-order valence-electron chi connectivity index (χ2n) is 6.78. The van der Waals surface area contributed by atoms with Crippen molar-refractivity contribution in [1.29, 1.82) is 0 Å². The quantitative estimate of drug-likeness (QED) is 0.854. The summed E-state index contributed by atoms with van der Waals surface area (Å²) in [5.74, 6) is 0.298. The Morgan fingerprint density at radius 3 is 2.50 bits per heavy atom. The summed E-state index contributed by atoms with van der Waals surface area (Å²) >= 11 is 0. The molecular weight excluding hydrogens is 310 g/mol. The van der Waals surface area contributed by atoms with Crippen molar-refractivity contribution >= 4 is 17.9 Å². The summed E-state index contributed by atoms with van der Waals surface area (Å²) < 4.78 is 9.98. The van der Waals surface area contributed by atoms with E-state index >= 15 is 0 Å². The maximum Gasteiger partial charge on any atom is 0.407 e. The molecule has 0 unspecified atom stereocenters. The van der Waals surface area contributed by atoms with E-state index < -0.39 is 11.6 Å². The molecule has 0 atom stereocenters. The highest BCUT2D eigenvalue weighted by atomic mass is 16.6. The molecule has 2 heterocycles. The van der Waals surface area contributed by atoms with Crippen LogP contribution in [-0.4, -0.2) is 48.9 Å². The number of methoxy groups -OCH3 is 1. The van der Waals surface area contributed by atoms with E-state index in [4.69, 9.17) is 9.47 Å². The lowest BCUT2D eigenvalue weighted by Crippen LogP contribution is -2.46. The molecule has 0 saturated carbocycles. The standard InChI is InChI=1S/C17H25N3O4/c1-17(2,3)24-16(22)18-12-8-10-20(11-9-12)14-7-5-6-13(19-14)15(21)23-4/h5-7,12H,8-11H2,1-4H3,(H,18,22). The first-order chi connectivity index (χ1) is 11.3. The number of nitrogens with one attached hydrogen (secondary N) is 1. The van der Waals surface area contributed by atoms with Gasteiger partial charge in [0.2, 0.25) is 0 Å². The Morgan fingerprint density at radius 1 is 1.25 bits per heavy atom. The molecule has 24 heavy (non-hydrogen) atoms. The highest BCUT2D eigenvalue weighted by molar-refractivity contribution is 5.87. The fraction of sp³-hybridized carbons (Fsp3) is 0.588. The van der Waals surface area contributed by atoms with Crippen molar-refractivity contribution in [3.8, 4) is 0 Å². The second kappa shape index (κ2) is 7.51. The molecule has 0 spiro atoms. The first-order valence-electron chi connectivity index (χ1n) is 8.08. The molecule has 0 radical (unpaired) electrons. The van der Waals surface area contributed by atoms with Gasteiger partial charge in [0.15, 0.2) is 5.69 Å². The fourth-order valence-corrected chi connectivity index (χ4v) is 2.54. The van der Waals surface area contributed by atoms with Crippen LogP contribution < -0.4 is 10.2 Å². The van der Waals surface area contributed by atoms with Crippen LogP contribution in [0, 0.1) is 0 Å². The number of aromatic nitrogens is 1. The summed E-state index contributed by atoms with van der Waals surface area (Å²) in [5, 5.41) is 2.90. The van der Waals surface area contributed by atoms with Crippen molar-refractivity contribution < 1.29 is 19.1 Å². The van der Waals surface area contributed by atoms with Crippen molar-refractivity contribution in [1.82, 2.24) is 10.3 Å². The van der Waals surface area contributed by atoms with Gasteiger partial charge in [-0.2, -0.15) is 0 Å². The highest BCUT2D eigenvalue weighted by Gasteiger charge is 2.24. The maximum absolute atomic E-state index is 11.8. The Morgan fingerprint density at radius 2 is 1.92 bits per heavy atom. The SMILES string of the molecule is COC(=O)c1cccc(N2CCC(NC(=O)OC(C)(C)C)CC2)n1. The Kier molecular flexibility index (Phi) is 5.64. The van der Waals surface area contributed by atoms with Crippen molar-refractivity contribution in [3.05, 3.63) is 23.9 Å². The third-order valence-electron chi connectivity index (χ3n) is 3.67. The molecule has 1 fully saturated rings. The van der Waals surface area contributed by atoms with Crippen LogP contribution in [-0.2, 0) is 9.47 Å². The van der Waals surface area contributed by atoms with E-state index in [9.17, 15) is 9.59 Å². The molecule has 1 aromatic rings. The summed E-state index contributed by atoms with van der Waals surface area (Å²) in [5.41, 5.74) is -0.202. The molecule has 1 amide bonds. The molecule has 1 saturated heterocycles. The van der Waals surface area contributed by atoms with Crippen LogP contribution in [0.25, 0.3) is 0 Å². The molecule has 1 aliphatic heterocycles. The van der Waals surface area contributed by atoms with Gasteiger partial charge in [0.25, 0.3) is 0 Å². The van der Waals surface area contributed by atoms with E-state index in [0.29, 0.717) is 5.69 Å². The number of hydrogen-bond donors (Lipinski definition) is 1. The van der Waals surface area contributed by atoms with Gasteiger partial charge >= 0.3 is 12.1 Å². The molecule has 1 N–H and O–H groups in total. The Hall–Kier alpha value is -2.31. The molecule has 1 aromatic heterocycles. The molecule has 132 valence electrons. The second-order valence-corrected chi connectivity index (χ2v) is 6.78. The number of hydrogen-bond acceptors (Lipinski definition) is 6. The van der Waals surface area contributed by atoms with E-state index in [1.54, 1.807) is 12.1 Å². The number of esters is 1. The summed E-state index contributed by atoms with van der Waals surface area (Å²) in [6.07, 6.45) is 1.21. The van der Waals surface area contributed by atoms with Gasteiger partial charge in [0.1, 0.15) is 11.4 Å². The van der Waals surface area contributed by atoms with Gasteiger partial charge in [0.05, 0.1) is 7.11 Å². The van der Waals surface area contributed by atoms with Gasteiger partial charge in [-0.3, -0.25) is 0 Å². The minimum Gasteiger partial charge on any atom is -0.464 e. The van der Waals surface area contributed by atoms with E-state index in [1.807, 2.05) is 26.8 Å². The van der Waals surface area contributed by atoms with E-state index in [0.717, 1.165) is 31.7 Å². The molecule has 0 aromatic carbocycles. The van der Waals surface area contributed by atoms with Crippen molar-refractivity contribution in [2.75, 3.05) is 25.1 Å². The Bertz CT molecular complexity index is 590. The van der Waals surface area contributed by atoms with Gasteiger partial charge in [-0.25, -0.2) is 14.6 Å². The van der Waals surface area contributed by atoms with E-state index in [1.165, 1.54) is 7.11 Å². The lowest BCUT2D eigenvalue weighted by atomic mass is 10.1. The first kappa shape index (κ1) is 18.0. The van der Waals surface area contributed by atoms with Crippen LogP contribution in [0.5, 0.6) is 0 Å². The Labute approximate surface area is 142 Å². The topological polar surface area (TPSA) is 80.8 Å². The van der Waals surface area contributed by atoms with Crippen LogP contribution >= 0.6 is 0 Å². The van der Waals surface area contributed by atoms with Gasteiger partial charge in [-0.05, 0) is 45.7 Å². The average molecular weight is 335 g/mol. The zero-order chi connectivity index (χ0) is 17.7. The van der Waals surface area contributed by atoms with Crippen molar-refractivity contribution in [3.63, 3.8) is 0 Å². The lowest BCUT2D eigenvalue weighted by molar-refractivity contribution is 0.0496. The third-order valence-corrected chi connectivity index (χ3v) is 3.67. The van der Waals surface area contributed by atoms with Crippen LogP contribution in [0.2, 0.25) is 0 Å². The largest absolute Gasteiger partial charge is 0.464 e. The van der Waals surface area contributed by atoms with Gasteiger partial charge in [-0.1, -0.05) is 6.07 Å². The zero-order valence-electron chi connectivity index (χ0n) is 14.7. The minimum absolute atomic E-state index is 0.0832. The molecule has 7 heteroatoms. The normalized spacial score (nSPS) is 15.8. The monoisotopic (exact) mass is 335 g/mol. The lowest BCUT2D eigenvalue weighted by Gasteiger charge is -2.33. The van der Waals surface area contributed by atoms with Gasteiger partial charge < -0.3 is 19.7 Å². The summed E-state index contributed by atoms with van der Waals surface area (Å²) in [6.45, 7) is 7.02. The smallest absolute Gasteiger partial charge is 0.407 e. The van der Waals surface area contributed by atoms with E-state index in [2.05, 4.69) is 15.2 Å². The average Bonchev–Trinajstić information content (AvgIpc) is 2.53. The number of pyridine rings is 1. The number of amides is 1. The molecule has 1 aliphatic rings. The zero-order valence-corrected chi connectivity index (χ0v) is 14.7. The van der Waals surface area contributed by atoms with Crippen LogP contribution in [0.3, 0.4) is 0 Å². The van der Waals surface area contributed by atoms with Crippen LogP contribution in [0.4, 0.5) is 10.6 Å². The number of anilines is 1. The Balaban J connectivity index is 1.89. The van der Waals surface area contributed by atoms with Crippen LogP contribution in [0.15, 0.2) is 18.2 Å². The van der Waals surface area contributed by atoms with Crippen molar-refractivity contribution in [2.45, 2.75) is 45.3 Å². The van der Waals surface area contributed by atoms with Gasteiger partial charge in [0, 0.05) is 19.1 Å². The minimum atomic E-state index is -0.497. The third kappa shape index (κ3) is 5.11. The van der Waals surface area contributed by atoms with Crippen LogP contribution in [0.1, 0.15) is 44.1 Å². The number of carbonyl (C=O) groups is 2. The number of alkyl carbamates (subject to hydrolysis) is 1. The van der Waals surface area contributed by atoms with E-state index in [-0.39, 0.29) is 12.1 Å². The first-order valence-corrected chi connectivity index (χ1v) is 8.08. The number of ether oxygens (including phenoxy) is 2. The number of carbonyl (C=O) groups excluding carboxylic acids is 2. The summed E-state index contributed by atoms with van der Waals surface area (Å²) in [4.78, 5) is 29.8. The summed E-state index contributed by atoms with van der Waals surface area (Å²) in [6, 6.07) is 5.37. The predicted octanol–water partition coefficient (Wildman–Crippen LogP) is 2.36. The molecular formula is C17H25N3O4. The maximum atomic E-state index is 11.8. The highest BCUT2D eigenvalue weighted by Crippen LogP contribution is 2.19.